The zero-order valence-corrected chi connectivity index (χ0v) is 9.34. The van der Waals surface area contributed by atoms with Gasteiger partial charge in [-0.05, 0) is 17.8 Å². The number of carboxylic acid groups (broad SMARTS) is 1. The Morgan fingerprint density at radius 1 is 1.69 bits per heavy atom. The van der Waals surface area contributed by atoms with Gasteiger partial charge in [-0.3, -0.25) is 4.79 Å². The number of aromatic nitrogens is 2. The first-order valence-corrected chi connectivity index (χ1v) is 6.43. The Morgan fingerprint density at radius 2 is 2.46 bits per heavy atom. The van der Waals surface area contributed by atoms with Gasteiger partial charge in [-0.2, -0.15) is 4.37 Å². The van der Waals surface area contributed by atoms with Gasteiger partial charge < -0.3 is 5.11 Å². The van der Waals surface area contributed by atoms with Crippen molar-refractivity contribution >= 4 is 41.0 Å². The minimum atomic E-state index is -0.776. The highest BCUT2D eigenvalue weighted by Gasteiger charge is 2.04. The summed E-state index contributed by atoms with van der Waals surface area (Å²) < 4.78 is 4.90. The number of hydrogen-bond donors (Lipinski definition) is 1. The van der Waals surface area contributed by atoms with Crippen molar-refractivity contribution in [2.45, 2.75) is 15.9 Å². The Morgan fingerprint density at radius 3 is 3.00 bits per heavy atom. The Balaban J connectivity index is 2.32. The summed E-state index contributed by atoms with van der Waals surface area (Å²) in [5, 5.41) is 9.15. The molecule has 0 radical (unpaired) electrons. The average molecular weight is 236 g/mol. The van der Waals surface area contributed by atoms with Gasteiger partial charge in [-0.1, -0.05) is 23.5 Å². The van der Waals surface area contributed by atoms with Gasteiger partial charge in [-0.25, -0.2) is 4.98 Å². The van der Waals surface area contributed by atoms with E-state index in [-0.39, 0.29) is 6.42 Å². The molecule has 0 aromatic carbocycles. The van der Waals surface area contributed by atoms with E-state index in [2.05, 4.69) is 9.36 Å². The van der Waals surface area contributed by atoms with E-state index in [1.54, 1.807) is 0 Å². The molecule has 0 saturated heterocycles. The minimum absolute atomic E-state index is 0.166. The van der Waals surface area contributed by atoms with Crippen molar-refractivity contribution in [3.05, 3.63) is 0 Å². The molecule has 72 valence electrons. The van der Waals surface area contributed by atoms with E-state index >= 15 is 0 Å². The molecular formula is C6H8N2O2S3. The first kappa shape index (κ1) is 10.8. The summed E-state index contributed by atoms with van der Waals surface area (Å²) in [6, 6.07) is 0. The van der Waals surface area contributed by atoms with Crippen LogP contribution in [0.5, 0.6) is 0 Å². The van der Waals surface area contributed by atoms with Gasteiger partial charge in [0.1, 0.15) is 0 Å². The number of aliphatic carboxylic acids is 1. The molecule has 0 aliphatic rings. The van der Waals surface area contributed by atoms with Crippen molar-refractivity contribution in [3.63, 3.8) is 0 Å². The summed E-state index contributed by atoms with van der Waals surface area (Å²) in [6.45, 7) is 0. The molecule has 1 heterocycles. The third-order valence-corrected chi connectivity index (χ3v) is 3.61. The summed E-state index contributed by atoms with van der Waals surface area (Å²) in [5.41, 5.74) is 0. The van der Waals surface area contributed by atoms with Crippen molar-refractivity contribution in [1.29, 1.82) is 0 Å². The third kappa shape index (κ3) is 3.97. The van der Waals surface area contributed by atoms with Crippen LogP contribution in [0.3, 0.4) is 0 Å². The molecule has 13 heavy (non-hydrogen) atoms. The van der Waals surface area contributed by atoms with E-state index in [9.17, 15) is 4.79 Å². The summed E-state index contributed by atoms with van der Waals surface area (Å²) in [7, 11) is 0. The van der Waals surface area contributed by atoms with Crippen LogP contribution in [0.15, 0.2) is 9.50 Å². The molecule has 0 saturated carbocycles. The molecule has 0 atom stereocenters. The molecule has 0 aliphatic heterocycles. The monoisotopic (exact) mass is 236 g/mol. The fourth-order valence-corrected chi connectivity index (χ4v) is 2.77. The number of hydrogen-bond acceptors (Lipinski definition) is 6. The molecule has 1 aromatic heterocycles. The highest BCUT2D eigenvalue weighted by Crippen LogP contribution is 2.23. The molecule has 4 nitrogen and oxygen atoms in total. The topological polar surface area (TPSA) is 63.1 Å². The smallest absolute Gasteiger partial charge is 0.304 e. The predicted molar refractivity (Wildman–Crippen MR) is 54.7 cm³/mol. The van der Waals surface area contributed by atoms with E-state index in [1.807, 2.05) is 6.26 Å². The van der Waals surface area contributed by atoms with Gasteiger partial charge in [0.15, 0.2) is 4.34 Å². The molecule has 1 N–H and O–H groups in total. The Kier molecular flexibility index (Phi) is 4.54. The second kappa shape index (κ2) is 5.46. The first-order valence-electron chi connectivity index (χ1n) is 3.44. The summed E-state index contributed by atoms with van der Waals surface area (Å²) in [4.78, 5) is 14.4. The lowest BCUT2D eigenvalue weighted by atomic mass is 10.5. The molecule has 7 heteroatoms. The molecule has 0 aliphatic carbocycles. The molecule has 0 spiro atoms. The van der Waals surface area contributed by atoms with Gasteiger partial charge in [0.05, 0.1) is 6.42 Å². The van der Waals surface area contributed by atoms with Crippen LogP contribution in [0.1, 0.15) is 6.42 Å². The lowest BCUT2D eigenvalue weighted by molar-refractivity contribution is -0.136. The Hall–Kier alpha value is -0.270. The van der Waals surface area contributed by atoms with E-state index in [4.69, 9.17) is 5.11 Å². The van der Waals surface area contributed by atoms with Crippen molar-refractivity contribution in [2.24, 2.45) is 0 Å². The van der Waals surface area contributed by atoms with Crippen LogP contribution in [-0.4, -0.2) is 32.4 Å². The SMILES string of the molecule is CSc1nsc(SCCC(=O)O)n1. The molecular weight excluding hydrogens is 228 g/mol. The number of carbonyl (C=O) groups is 1. The lowest BCUT2D eigenvalue weighted by Crippen LogP contribution is -1.95. The summed E-state index contributed by atoms with van der Waals surface area (Å²) >= 11 is 4.24. The van der Waals surface area contributed by atoms with E-state index < -0.39 is 5.97 Å². The van der Waals surface area contributed by atoms with Crippen molar-refractivity contribution in [2.75, 3.05) is 12.0 Å². The number of thioether (sulfide) groups is 2. The van der Waals surface area contributed by atoms with Gasteiger partial charge in [0.2, 0.25) is 5.16 Å². The summed E-state index contributed by atoms with van der Waals surface area (Å²) in [5.74, 6) is -0.222. The highest BCUT2D eigenvalue weighted by atomic mass is 32.2. The number of nitrogens with zero attached hydrogens (tertiary/aromatic N) is 2. The minimum Gasteiger partial charge on any atom is -0.481 e. The molecule has 1 aromatic rings. The summed E-state index contributed by atoms with van der Waals surface area (Å²) in [6.07, 6.45) is 2.08. The van der Waals surface area contributed by atoms with Crippen LogP contribution >= 0.6 is 35.1 Å². The molecule has 0 amide bonds. The second-order valence-corrected chi connectivity index (χ2v) is 4.91. The average Bonchev–Trinajstić information content (AvgIpc) is 2.52. The lowest BCUT2D eigenvalue weighted by Gasteiger charge is -1.91. The molecule has 1 rings (SSSR count). The van der Waals surface area contributed by atoms with Crippen LogP contribution in [0, 0.1) is 0 Å². The maximum absolute atomic E-state index is 10.2. The maximum Gasteiger partial charge on any atom is 0.304 e. The van der Waals surface area contributed by atoms with Crippen molar-refractivity contribution < 1.29 is 9.90 Å². The molecule has 0 fully saturated rings. The van der Waals surface area contributed by atoms with Gasteiger partial charge >= 0.3 is 5.97 Å². The molecule has 0 unspecified atom stereocenters. The van der Waals surface area contributed by atoms with Crippen molar-refractivity contribution in [3.8, 4) is 0 Å². The van der Waals surface area contributed by atoms with Crippen LogP contribution in [0.25, 0.3) is 0 Å². The quantitative estimate of drug-likeness (QED) is 0.787. The Bertz CT molecular complexity index is 289. The zero-order chi connectivity index (χ0) is 9.68. The van der Waals surface area contributed by atoms with Crippen LogP contribution < -0.4 is 0 Å². The molecule has 0 bridgehead atoms. The normalized spacial score (nSPS) is 10.2. The zero-order valence-electron chi connectivity index (χ0n) is 6.89. The largest absolute Gasteiger partial charge is 0.481 e. The fourth-order valence-electron chi connectivity index (χ4n) is 0.564. The first-order chi connectivity index (χ1) is 6.22. The van der Waals surface area contributed by atoms with Crippen LogP contribution in [-0.2, 0) is 4.79 Å². The van der Waals surface area contributed by atoms with Crippen LogP contribution in [0.4, 0.5) is 0 Å². The van der Waals surface area contributed by atoms with Gasteiger partial charge in [-0.15, -0.1) is 0 Å². The fraction of sp³-hybridized carbons (Fsp3) is 0.500. The van der Waals surface area contributed by atoms with E-state index in [0.29, 0.717) is 5.75 Å². The van der Waals surface area contributed by atoms with Crippen LogP contribution in [0.2, 0.25) is 0 Å². The predicted octanol–water partition coefficient (Wildman–Crippen LogP) is 1.83. The van der Waals surface area contributed by atoms with Gasteiger partial charge in [0.25, 0.3) is 0 Å². The number of carboxylic acids is 1. The maximum atomic E-state index is 10.2. The number of rotatable bonds is 5. The van der Waals surface area contributed by atoms with Crippen molar-refractivity contribution in [1.82, 2.24) is 9.36 Å². The van der Waals surface area contributed by atoms with E-state index in [1.165, 1.54) is 35.1 Å². The second-order valence-electron chi connectivity index (χ2n) is 2.04. The van der Waals surface area contributed by atoms with E-state index in [0.717, 1.165) is 9.50 Å². The third-order valence-electron chi connectivity index (χ3n) is 1.11. The highest BCUT2D eigenvalue weighted by molar-refractivity contribution is 8.01. The standard InChI is InChI=1S/C6H8N2O2S3/c1-11-5-7-6(13-8-5)12-3-2-4(9)10/h2-3H2,1H3,(H,9,10). The van der Waals surface area contributed by atoms with Gasteiger partial charge in [0, 0.05) is 5.75 Å². The Labute approximate surface area is 88.3 Å².